The van der Waals surface area contributed by atoms with Gasteiger partial charge in [0.25, 0.3) is 5.89 Å². The lowest BCUT2D eigenvalue weighted by molar-refractivity contribution is 0.0280. The Morgan fingerprint density at radius 1 is 1.04 bits per heavy atom. The summed E-state index contributed by atoms with van der Waals surface area (Å²) in [5, 5.41) is 7.95. The fraction of sp³-hybridized carbons (Fsp3) is 0.167. The summed E-state index contributed by atoms with van der Waals surface area (Å²) in [6.45, 7) is 3.66. The van der Waals surface area contributed by atoms with Crippen LogP contribution < -0.4 is 0 Å². The van der Waals surface area contributed by atoms with Gasteiger partial charge in [0.2, 0.25) is 5.89 Å². The Balaban J connectivity index is 1.71. The lowest BCUT2D eigenvalue weighted by atomic mass is 10.1. The smallest absolute Gasteiger partial charge is 0.338 e. The van der Waals surface area contributed by atoms with Crippen LogP contribution in [0.2, 0.25) is 0 Å². The summed E-state index contributed by atoms with van der Waals surface area (Å²) in [6.07, 6.45) is -0.617. The fourth-order valence-electron chi connectivity index (χ4n) is 2.06. The van der Waals surface area contributed by atoms with Crippen molar-refractivity contribution in [2.75, 3.05) is 0 Å². The van der Waals surface area contributed by atoms with Crippen molar-refractivity contribution < 1.29 is 13.9 Å². The molecular weight excluding hydrogens is 292 g/mol. The van der Waals surface area contributed by atoms with E-state index in [0.717, 1.165) is 11.1 Å². The number of benzene rings is 2. The zero-order valence-electron chi connectivity index (χ0n) is 12.9. The van der Waals surface area contributed by atoms with E-state index in [1.807, 2.05) is 49.4 Å². The third-order valence-electron chi connectivity index (χ3n) is 3.38. The van der Waals surface area contributed by atoms with Crippen LogP contribution in [-0.2, 0) is 4.74 Å². The molecule has 116 valence electrons. The van der Waals surface area contributed by atoms with Crippen LogP contribution >= 0.6 is 0 Å². The average Bonchev–Trinajstić information content (AvgIpc) is 3.06. The van der Waals surface area contributed by atoms with Gasteiger partial charge in [-0.05, 0) is 38.1 Å². The van der Waals surface area contributed by atoms with Gasteiger partial charge in [0, 0.05) is 5.56 Å². The molecule has 0 bridgehead atoms. The minimum absolute atomic E-state index is 0.268. The van der Waals surface area contributed by atoms with Crippen LogP contribution in [0.1, 0.15) is 34.8 Å². The highest BCUT2D eigenvalue weighted by atomic mass is 16.6. The van der Waals surface area contributed by atoms with Gasteiger partial charge in [-0.1, -0.05) is 35.9 Å². The summed E-state index contributed by atoms with van der Waals surface area (Å²) in [7, 11) is 0. The number of aryl methyl sites for hydroxylation is 1. The van der Waals surface area contributed by atoms with E-state index >= 15 is 0 Å². The molecule has 0 aliphatic heterocycles. The van der Waals surface area contributed by atoms with Crippen LogP contribution in [0.4, 0.5) is 0 Å². The van der Waals surface area contributed by atoms with Crippen molar-refractivity contribution in [2.24, 2.45) is 0 Å². The van der Waals surface area contributed by atoms with Crippen LogP contribution in [-0.4, -0.2) is 16.2 Å². The summed E-state index contributed by atoms with van der Waals surface area (Å²) >= 11 is 0. The van der Waals surface area contributed by atoms with Crippen LogP contribution in [0.3, 0.4) is 0 Å². The lowest BCUT2D eigenvalue weighted by Crippen LogP contribution is -2.09. The van der Waals surface area contributed by atoms with Gasteiger partial charge >= 0.3 is 5.97 Å². The number of nitrogens with zero attached hydrogens (tertiary/aromatic N) is 2. The zero-order valence-corrected chi connectivity index (χ0v) is 12.9. The molecule has 3 aromatic rings. The average molecular weight is 308 g/mol. The number of hydrogen-bond donors (Lipinski definition) is 0. The van der Waals surface area contributed by atoms with Crippen molar-refractivity contribution in [2.45, 2.75) is 20.0 Å². The minimum Gasteiger partial charge on any atom is -0.449 e. The van der Waals surface area contributed by atoms with Crippen molar-refractivity contribution in [3.05, 3.63) is 71.6 Å². The largest absolute Gasteiger partial charge is 0.449 e. The van der Waals surface area contributed by atoms with Gasteiger partial charge in [-0.3, -0.25) is 0 Å². The monoisotopic (exact) mass is 308 g/mol. The highest BCUT2D eigenvalue weighted by molar-refractivity contribution is 5.89. The van der Waals surface area contributed by atoms with Gasteiger partial charge in [-0.25, -0.2) is 4.79 Å². The Morgan fingerprint density at radius 2 is 1.74 bits per heavy atom. The number of aromatic nitrogens is 2. The maximum Gasteiger partial charge on any atom is 0.338 e. The zero-order chi connectivity index (χ0) is 16.2. The maximum absolute atomic E-state index is 12.1. The number of hydrogen-bond acceptors (Lipinski definition) is 5. The molecule has 5 heteroatoms. The molecule has 5 nitrogen and oxygen atoms in total. The van der Waals surface area contributed by atoms with Crippen molar-refractivity contribution in [1.82, 2.24) is 10.2 Å². The topological polar surface area (TPSA) is 65.2 Å². The number of rotatable bonds is 4. The molecule has 0 fully saturated rings. The Labute approximate surface area is 133 Å². The van der Waals surface area contributed by atoms with Gasteiger partial charge in [-0.15, -0.1) is 10.2 Å². The summed E-state index contributed by atoms with van der Waals surface area (Å²) < 4.78 is 11.0. The Bertz CT molecular complexity index is 795. The Morgan fingerprint density at radius 3 is 2.43 bits per heavy atom. The van der Waals surface area contributed by atoms with E-state index in [2.05, 4.69) is 10.2 Å². The number of esters is 1. The highest BCUT2D eigenvalue weighted by Crippen LogP contribution is 2.22. The van der Waals surface area contributed by atoms with Crippen molar-refractivity contribution in [1.29, 1.82) is 0 Å². The SMILES string of the molecule is Cc1ccc(C(=O)O[C@H](C)c2nnc(-c3ccccc3)o2)cc1. The van der Waals surface area contributed by atoms with Gasteiger partial charge in [0.1, 0.15) is 0 Å². The number of carbonyl (C=O) groups excluding carboxylic acids is 1. The molecule has 0 aliphatic rings. The molecule has 0 N–H and O–H groups in total. The van der Waals surface area contributed by atoms with Crippen molar-refractivity contribution >= 4 is 5.97 Å². The first-order valence-corrected chi connectivity index (χ1v) is 7.30. The second kappa shape index (κ2) is 6.44. The van der Waals surface area contributed by atoms with Gasteiger partial charge in [0.15, 0.2) is 6.10 Å². The molecule has 0 aliphatic carbocycles. The summed E-state index contributed by atoms with van der Waals surface area (Å²) in [4.78, 5) is 12.1. The first-order valence-electron chi connectivity index (χ1n) is 7.30. The predicted molar refractivity (Wildman–Crippen MR) is 84.7 cm³/mol. The second-order valence-electron chi connectivity index (χ2n) is 5.23. The normalized spacial score (nSPS) is 11.9. The first-order chi connectivity index (χ1) is 11.1. The van der Waals surface area contributed by atoms with Gasteiger partial charge in [-0.2, -0.15) is 0 Å². The molecular formula is C18H16N2O3. The van der Waals surface area contributed by atoms with E-state index in [9.17, 15) is 4.79 Å². The van der Waals surface area contributed by atoms with Crippen molar-refractivity contribution in [3.8, 4) is 11.5 Å². The first kappa shape index (κ1) is 15.0. The van der Waals surface area contributed by atoms with E-state index in [4.69, 9.17) is 9.15 Å². The molecule has 2 aromatic carbocycles. The molecule has 0 spiro atoms. The fourth-order valence-corrected chi connectivity index (χ4v) is 2.06. The van der Waals surface area contributed by atoms with Crippen LogP contribution in [0, 0.1) is 6.92 Å². The standard InChI is InChI=1S/C18H16N2O3/c1-12-8-10-15(11-9-12)18(21)22-13(2)16-19-20-17(23-16)14-6-4-3-5-7-14/h3-11,13H,1-2H3/t13-/m1/s1. The van der Waals surface area contributed by atoms with Gasteiger partial charge in [0.05, 0.1) is 5.56 Å². The molecule has 1 heterocycles. The number of ether oxygens (including phenoxy) is 1. The molecule has 1 atom stereocenters. The van der Waals surface area contributed by atoms with E-state index < -0.39 is 12.1 Å². The predicted octanol–water partition coefficient (Wildman–Crippen LogP) is 3.96. The molecule has 0 unspecified atom stereocenters. The molecule has 0 amide bonds. The third-order valence-corrected chi connectivity index (χ3v) is 3.38. The molecule has 1 aromatic heterocycles. The second-order valence-corrected chi connectivity index (χ2v) is 5.23. The summed E-state index contributed by atoms with van der Waals surface area (Å²) in [5.41, 5.74) is 2.40. The summed E-state index contributed by atoms with van der Waals surface area (Å²) in [5.74, 6) is 0.250. The highest BCUT2D eigenvalue weighted by Gasteiger charge is 2.19. The number of carbonyl (C=O) groups is 1. The Hall–Kier alpha value is -2.95. The summed E-state index contributed by atoms with van der Waals surface area (Å²) in [6, 6.07) is 16.6. The van der Waals surface area contributed by atoms with Crippen LogP contribution in [0.5, 0.6) is 0 Å². The van der Waals surface area contributed by atoms with Crippen LogP contribution in [0.15, 0.2) is 59.0 Å². The van der Waals surface area contributed by atoms with Crippen molar-refractivity contribution in [3.63, 3.8) is 0 Å². The lowest BCUT2D eigenvalue weighted by Gasteiger charge is -2.09. The minimum atomic E-state index is -0.617. The van der Waals surface area contributed by atoms with E-state index in [-0.39, 0.29) is 5.89 Å². The third kappa shape index (κ3) is 3.45. The molecule has 0 saturated heterocycles. The molecule has 3 rings (SSSR count). The molecule has 23 heavy (non-hydrogen) atoms. The molecule has 0 radical (unpaired) electrons. The quantitative estimate of drug-likeness (QED) is 0.682. The van der Waals surface area contributed by atoms with Gasteiger partial charge < -0.3 is 9.15 Å². The van der Waals surface area contributed by atoms with E-state index in [1.54, 1.807) is 19.1 Å². The maximum atomic E-state index is 12.1. The molecule has 0 saturated carbocycles. The van der Waals surface area contributed by atoms with Crippen LogP contribution in [0.25, 0.3) is 11.5 Å². The Kier molecular flexibility index (Phi) is 4.19. The van der Waals surface area contributed by atoms with E-state index in [1.165, 1.54) is 0 Å². The van der Waals surface area contributed by atoms with E-state index in [0.29, 0.717) is 11.5 Å².